The van der Waals surface area contributed by atoms with Gasteiger partial charge >= 0.3 is 0 Å². The fourth-order valence-electron chi connectivity index (χ4n) is 2.77. The van der Waals surface area contributed by atoms with Gasteiger partial charge in [-0.2, -0.15) is 0 Å². The molecule has 0 aromatic carbocycles. The summed E-state index contributed by atoms with van der Waals surface area (Å²) in [6.45, 7) is 5.12. The number of anilines is 2. The average molecular weight is 264 g/mol. The van der Waals surface area contributed by atoms with E-state index in [9.17, 15) is 0 Å². The first-order valence-corrected chi connectivity index (χ1v) is 7.05. The second kappa shape index (κ2) is 6.70. The Morgan fingerprint density at radius 3 is 3.00 bits per heavy atom. The van der Waals surface area contributed by atoms with Crippen molar-refractivity contribution in [2.75, 3.05) is 44.1 Å². The standard InChI is InChI=1S/C14H24N4O/c1-4-5-12-13(15-2)16-10-17-14(12)18-7-6-11(8-18)9-19-3/h10-11H,4-9H2,1-3H3,(H,15,16,17). The summed E-state index contributed by atoms with van der Waals surface area (Å²) >= 11 is 0. The quantitative estimate of drug-likeness (QED) is 0.851. The maximum absolute atomic E-state index is 5.26. The second-order valence-corrected chi connectivity index (χ2v) is 5.08. The molecule has 2 rings (SSSR count). The van der Waals surface area contributed by atoms with Gasteiger partial charge < -0.3 is 15.0 Å². The zero-order chi connectivity index (χ0) is 13.7. The lowest BCUT2D eigenvalue weighted by atomic mass is 10.1. The van der Waals surface area contributed by atoms with Crippen molar-refractivity contribution in [1.29, 1.82) is 0 Å². The lowest BCUT2D eigenvalue weighted by Gasteiger charge is -2.22. The Morgan fingerprint density at radius 2 is 2.32 bits per heavy atom. The number of aromatic nitrogens is 2. The Balaban J connectivity index is 2.19. The van der Waals surface area contributed by atoms with E-state index in [1.165, 1.54) is 12.0 Å². The van der Waals surface area contributed by atoms with Crippen LogP contribution in [0.3, 0.4) is 0 Å². The third-order valence-electron chi connectivity index (χ3n) is 3.65. The molecule has 1 aromatic rings. The third kappa shape index (κ3) is 3.15. The van der Waals surface area contributed by atoms with Crippen molar-refractivity contribution >= 4 is 11.6 Å². The fourth-order valence-corrected chi connectivity index (χ4v) is 2.77. The van der Waals surface area contributed by atoms with E-state index in [4.69, 9.17) is 4.74 Å². The van der Waals surface area contributed by atoms with Crippen LogP contribution in [-0.2, 0) is 11.2 Å². The fraction of sp³-hybridized carbons (Fsp3) is 0.714. The Morgan fingerprint density at radius 1 is 1.47 bits per heavy atom. The Hall–Kier alpha value is -1.36. The highest BCUT2D eigenvalue weighted by atomic mass is 16.5. The van der Waals surface area contributed by atoms with Crippen molar-refractivity contribution in [2.24, 2.45) is 5.92 Å². The zero-order valence-electron chi connectivity index (χ0n) is 12.1. The van der Waals surface area contributed by atoms with Crippen LogP contribution in [0.5, 0.6) is 0 Å². The minimum Gasteiger partial charge on any atom is -0.384 e. The Kier molecular flexibility index (Phi) is 4.96. The molecular formula is C14H24N4O. The monoisotopic (exact) mass is 264 g/mol. The van der Waals surface area contributed by atoms with Gasteiger partial charge in [0.15, 0.2) is 0 Å². The van der Waals surface area contributed by atoms with Crippen LogP contribution < -0.4 is 10.2 Å². The molecule has 1 N–H and O–H groups in total. The molecule has 2 heterocycles. The second-order valence-electron chi connectivity index (χ2n) is 5.08. The van der Waals surface area contributed by atoms with Crippen molar-refractivity contribution in [3.8, 4) is 0 Å². The van der Waals surface area contributed by atoms with Gasteiger partial charge in [0.05, 0.1) is 6.61 Å². The van der Waals surface area contributed by atoms with Crippen molar-refractivity contribution in [3.63, 3.8) is 0 Å². The van der Waals surface area contributed by atoms with Gasteiger partial charge in [0.1, 0.15) is 18.0 Å². The molecule has 106 valence electrons. The molecule has 0 saturated carbocycles. The van der Waals surface area contributed by atoms with E-state index in [2.05, 4.69) is 27.1 Å². The van der Waals surface area contributed by atoms with Gasteiger partial charge in [-0.25, -0.2) is 9.97 Å². The number of methoxy groups -OCH3 is 1. The van der Waals surface area contributed by atoms with Crippen molar-refractivity contribution in [2.45, 2.75) is 26.2 Å². The van der Waals surface area contributed by atoms with Gasteiger partial charge in [0.25, 0.3) is 0 Å². The van der Waals surface area contributed by atoms with E-state index < -0.39 is 0 Å². The smallest absolute Gasteiger partial charge is 0.137 e. The molecule has 0 radical (unpaired) electrons. The van der Waals surface area contributed by atoms with Gasteiger partial charge in [-0.1, -0.05) is 13.3 Å². The highest BCUT2D eigenvalue weighted by Gasteiger charge is 2.25. The lowest BCUT2D eigenvalue weighted by Crippen LogP contribution is -2.24. The SMILES string of the molecule is CCCc1c(NC)ncnc1N1CCC(COC)C1. The van der Waals surface area contributed by atoms with Gasteiger partial charge in [-0.15, -0.1) is 0 Å². The molecular weight excluding hydrogens is 240 g/mol. The Bertz CT molecular complexity index is 410. The van der Waals surface area contributed by atoms with Crippen LogP contribution in [-0.4, -0.2) is 43.8 Å². The van der Waals surface area contributed by atoms with E-state index >= 15 is 0 Å². The van der Waals surface area contributed by atoms with E-state index in [0.29, 0.717) is 5.92 Å². The summed E-state index contributed by atoms with van der Waals surface area (Å²) in [5.74, 6) is 2.68. The minimum atomic E-state index is 0.618. The molecule has 1 unspecified atom stereocenters. The number of hydrogen-bond donors (Lipinski definition) is 1. The van der Waals surface area contributed by atoms with E-state index in [1.54, 1.807) is 13.4 Å². The summed E-state index contributed by atoms with van der Waals surface area (Å²) < 4.78 is 5.26. The first-order chi connectivity index (χ1) is 9.30. The molecule has 0 spiro atoms. The average Bonchev–Trinajstić information content (AvgIpc) is 2.88. The molecule has 1 aliphatic heterocycles. The van der Waals surface area contributed by atoms with E-state index in [-0.39, 0.29) is 0 Å². The number of rotatable bonds is 6. The highest BCUT2D eigenvalue weighted by molar-refractivity contribution is 5.59. The highest BCUT2D eigenvalue weighted by Crippen LogP contribution is 2.29. The van der Waals surface area contributed by atoms with Crippen molar-refractivity contribution in [3.05, 3.63) is 11.9 Å². The third-order valence-corrected chi connectivity index (χ3v) is 3.65. The lowest BCUT2D eigenvalue weighted by molar-refractivity contribution is 0.161. The van der Waals surface area contributed by atoms with Gasteiger partial charge in [0, 0.05) is 38.7 Å². The van der Waals surface area contributed by atoms with Crippen LogP contribution in [0.4, 0.5) is 11.6 Å². The van der Waals surface area contributed by atoms with Crippen molar-refractivity contribution in [1.82, 2.24) is 9.97 Å². The minimum absolute atomic E-state index is 0.618. The molecule has 0 bridgehead atoms. The van der Waals surface area contributed by atoms with Crippen LogP contribution in [0.25, 0.3) is 0 Å². The molecule has 1 aliphatic rings. The molecule has 1 atom stereocenters. The molecule has 19 heavy (non-hydrogen) atoms. The largest absolute Gasteiger partial charge is 0.384 e. The van der Waals surface area contributed by atoms with Gasteiger partial charge in [-0.3, -0.25) is 0 Å². The summed E-state index contributed by atoms with van der Waals surface area (Å²) in [6, 6.07) is 0. The first kappa shape index (κ1) is 14.1. The molecule has 1 saturated heterocycles. The molecule has 0 aliphatic carbocycles. The van der Waals surface area contributed by atoms with Crippen LogP contribution in [0.15, 0.2) is 6.33 Å². The molecule has 1 aromatic heterocycles. The van der Waals surface area contributed by atoms with Crippen LogP contribution >= 0.6 is 0 Å². The van der Waals surface area contributed by atoms with Crippen LogP contribution in [0.1, 0.15) is 25.3 Å². The molecule has 1 fully saturated rings. The van der Waals surface area contributed by atoms with E-state index in [1.807, 2.05) is 7.05 Å². The topological polar surface area (TPSA) is 50.3 Å². The van der Waals surface area contributed by atoms with Crippen LogP contribution in [0.2, 0.25) is 0 Å². The summed E-state index contributed by atoms with van der Waals surface area (Å²) in [5.41, 5.74) is 1.24. The first-order valence-electron chi connectivity index (χ1n) is 7.05. The zero-order valence-corrected chi connectivity index (χ0v) is 12.1. The predicted molar refractivity (Wildman–Crippen MR) is 77.8 cm³/mol. The maximum atomic E-state index is 5.26. The molecule has 0 amide bonds. The molecule has 5 nitrogen and oxygen atoms in total. The normalized spacial score (nSPS) is 18.9. The van der Waals surface area contributed by atoms with Crippen molar-refractivity contribution < 1.29 is 4.74 Å². The maximum Gasteiger partial charge on any atom is 0.137 e. The number of nitrogens with one attached hydrogen (secondary N) is 1. The summed E-state index contributed by atoms with van der Waals surface area (Å²) in [6.07, 6.45) is 4.95. The summed E-state index contributed by atoms with van der Waals surface area (Å²) in [5, 5.41) is 3.18. The van der Waals surface area contributed by atoms with E-state index in [0.717, 1.165) is 44.2 Å². The Labute approximate surface area is 115 Å². The molecule has 5 heteroatoms. The van der Waals surface area contributed by atoms with Gasteiger partial charge in [-0.05, 0) is 12.8 Å². The van der Waals surface area contributed by atoms with Gasteiger partial charge in [0.2, 0.25) is 0 Å². The summed E-state index contributed by atoms with van der Waals surface area (Å²) in [4.78, 5) is 11.2. The number of nitrogens with zero attached hydrogens (tertiary/aromatic N) is 3. The van der Waals surface area contributed by atoms with Crippen LogP contribution in [0, 0.1) is 5.92 Å². The summed E-state index contributed by atoms with van der Waals surface area (Å²) in [7, 11) is 3.69. The predicted octanol–water partition coefficient (Wildman–Crippen LogP) is 1.94. The number of hydrogen-bond acceptors (Lipinski definition) is 5. The number of ether oxygens (including phenoxy) is 1.